The van der Waals surface area contributed by atoms with Crippen molar-refractivity contribution in [2.24, 2.45) is 0 Å². The van der Waals surface area contributed by atoms with Gasteiger partial charge in [0.2, 0.25) is 5.91 Å². The molecule has 2 rings (SSSR count). The van der Waals surface area contributed by atoms with E-state index in [0.29, 0.717) is 6.54 Å². The lowest BCUT2D eigenvalue weighted by Crippen LogP contribution is -2.23. The molecule has 5 heteroatoms. The summed E-state index contributed by atoms with van der Waals surface area (Å²) in [6, 6.07) is 7.74. The summed E-state index contributed by atoms with van der Waals surface area (Å²) in [4.78, 5) is 15.7. The minimum absolute atomic E-state index is 0.00655. The smallest absolute Gasteiger partial charge is 0.246 e. The van der Waals surface area contributed by atoms with Crippen LogP contribution in [0.15, 0.2) is 35.7 Å². The molecule has 0 aliphatic carbocycles. The number of carbonyl (C=O) groups is 1. The average Bonchev–Trinajstić information content (AvgIpc) is 2.97. The molecule has 0 aromatic carbocycles. The van der Waals surface area contributed by atoms with Gasteiger partial charge in [-0.05, 0) is 29.7 Å². The lowest BCUT2D eigenvalue weighted by atomic mass is 10.3. The summed E-state index contributed by atoms with van der Waals surface area (Å²) in [5.41, 5.74) is 0. The molecule has 0 N–H and O–H groups in total. The van der Waals surface area contributed by atoms with Crippen LogP contribution in [-0.4, -0.2) is 17.9 Å². The third-order valence-corrected chi connectivity index (χ3v) is 4.39. The molecule has 2 aromatic rings. The van der Waals surface area contributed by atoms with Crippen molar-refractivity contribution in [3.8, 4) is 0 Å². The van der Waals surface area contributed by atoms with Crippen LogP contribution in [0.25, 0.3) is 6.08 Å². The number of hydrogen-bond donors (Lipinski definition) is 0. The molecule has 0 spiro atoms. The third-order valence-electron chi connectivity index (χ3n) is 2.33. The lowest BCUT2D eigenvalue weighted by molar-refractivity contribution is -0.125. The molecule has 0 radical (unpaired) electrons. The zero-order valence-electron chi connectivity index (χ0n) is 9.80. The molecule has 2 heterocycles. The van der Waals surface area contributed by atoms with E-state index in [-0.39, 0.29) is 5.91 Å². The first kappa shape index (κ1) is 13.3. The quantitative estimate of drug-likeness (QED) is 0.777. The van der Waals surface area contributed by atoms with Gasteiger partial charge >= 0.3 is 0 Å². The van der Waals surface area contributed by atoms with Crippen LogP contribution in [0, 0.1) is 0 Å². The first-order chi connectivity index (χ1) is 8.65. The molecule has 2 aromatic heterocycles. The monoisotopic (exact) mass is 297 g/mol. The second-order valence-corrected chi connectivity index (χ2v) is 6.53. The zero-order valence-corrected chi connectivity index (χ0v) is 12.2. The normalized spacial score (nSPS) is 11.0. The number of hydrogen-bond acceptors (Lipinski definition) is 3. The predicted octanol–water partition coefficient (Wildman–Crippen LogP) is 4.13. The van der Waals surface area contributed by atoms with E-state index < -0.39 is 0 Å². The van der Waals surface area contributed by atoms with Crippen molar-refractivity contribution in [1.82, 2.24) is 4.90 Å². The Morgan fingerprint density at radius 1 is 1.44 bits per heavy atom. The van der Waals surface area contributed by atoms with Crippen molar-refractivity contribution in [2.45, 2.75) is 6.54 Å². The van der Waals surface area contributed by atoms with Crippen molar-refractivity contribution < 1.29 is 4.79 Å². The highest BCUT2D eigenvalue weighted by Crippen LogP contribution is 2.22. The molecule has 0 bridgehead atoms. The maximum absolute atomic E-state index is 11.9. The Morgan fingerprint density at radius 2 is 2.28 bits per heavy atom. The third kappa shape index (κ3) is 3.70. The van der Waals surface area contributed by atoms with Gasteiger partial charge in [0.25, 0.3) is 0 Å². The van der Waals surface area contributed by atoms with Crippen LogP contribution in [0.1, 0.15) is 9.75 Å². The summed E-state index contributed by atoms with van der Waals surface area (Å²) in [7, 11) is 1.80. The van der Waals surface area contributed by atoms with Gasteiger partial charge in [-0.2, -0.15) is 0 Å². The van der Waals surface area contributed by atoms with E-state index in [1.165, 1.54) is 16.2 Å². The maximum Gasteiger partial charge on any atom is 0.246 e. The minimum Gasteiger partial charge on any atom is -0.337 e. The van der Waals surface area contributed by atoms with Crippen molar-refractivity contribution in [3.05, 3.63) is 49.8 Å². The highest BCUT2D eigenvalue weighted by atomic mass is 35.5. The van der Waals surface area contributed by atoms with E-state index in [1.54, 1.807) is 35.4 Å². The Kier molecular flexibility index (Phi) is 4.58. The zero-order chi connectivity index (χ0) is 13.0. The number of nitrogens with zero attached hydrogens (tertiary/aromatic N) is 1. The second-order valence-electron chi connectivity index (χ2n) is 3.75. The summed E-state index contributed by atoms with van der Waals surface area (Å²) in [6.07, 6.45) is 3.37. The molecule has 0 saturated carbocycles. The number of rotatable bonds is 4. The number of thiophene rings is 2. The topological polar surface area (TPSA) is 20.3 Å². The van der Waals surface area contributed by atoms with Gasteiger partial charge in [0.15, 0.2) is 0 Å². The predicted molar refractivity (Wildman–Crippen MR) is 79.2 cm³/mol. The van der Waals surface area contributed by atoms with Gasteiger partial charge in [-0.1, -0.05) is 17.7 Å². The molecule has 0 fully saturated rings. The van der Waals surface area contributed by atoms with Gasteiger partial charge in [-0.25, -0.2) is 0 Å². The van der Waals surface area contributed by atoms with E-state index in [9.17, 15) is 4.79 Å². The van der Waals surface area contributed by atoms with Crippen molar-refractivity contribution in [2.75, 3.05) is 7.05 Å². The van der Waals surface area contributed by atoms with Crippen LogP contribution in [-0.2, 0) is 11.3 Å². The number of likely N-dealkylation sites (N-methyl/N-ethyl adjacent to an activating group) is 1. The first-order valence-electron chi connectivity index (χ1n) is 5.36. The maximum atomic E-state index is 11.9. The summed E-state index contributed by atoms with van der Waals surface area (Å²) in [5, 5.41) is 2.01. The van der Waals surface area contributed by atoms with Gasteiger partial charge in [-0.3, -0.25) is 4.79 Å². The van der Waals surface area contributed by atoms with Crippen molar-refractivity contribution in [1.29, 1.82) is 0 Å². The summed E-state index contributed by atoms with van der Waals surface area (Å²) < 4.78 is 0.731. The van der Waals surface area contributed by atoms with Crippen molar-refractivity contribution >= 4 is 46.3 Å². The molecular weight excluding hydrogens is 286 g/mol. The highest BCUT2D eigenvalue weighted by molar-refractivity contribution is 7.17. The Balaban J connectivity index is 1.93. The molecule has 0 unspecified atom stereocenters. The van der Waals surface area contributed by atoms with Gasteiger partial charge in [-0.15, -0.1) is 22.7 Å². The van der Waals surface area contributed by atoms with E-state index in [2.05, 4.69) is 0 Å². The van der Waals surface area contributed by atoms with Crippen molar-refractivity contribution in [3.63, 3.8) is 0 Å². The first-order valence-corrected chi connectivity index (χ1v) is 7.43. The molecule has 0 aliphatic heterocycles. The van der Waals surface area contributed by atoms with Gasteiger partial charge in [0.05, 0.1) is 10.9 Å². The highest BCUT2D eigenvalue weighted by Gasteiger charge is 2.06. The van der Waals surface area contributed by atoms with E-state index in [4.69, 9.17) is 11.6 Å². The van der Waals surface area contributed by atoms with E-state index in [1.807, 2.05) is 29.6 Å². The number of amides is 1. The largest absolute Gasteiger partial charge is 0.337 e. The minimum atomic E-state index is -0.00655. The molecule has 0 saturated heterocycles. The molecule has 2 nitrogen and oxygen atoms in total. The van der Waals surface area contributed by atoms with Crippen LogP contribution in [0.5, 0.6) is 0 Å². The molecule has 0 atom stereocenters. The molecule has 18 heavy (non-hydrogen) atoms. The Hall–Kier alpha value is -1.10. The van der Waals surface area contributed by atoms with E-state index in [0.717, 1.165) is 9.21 Å². The second kappa shape index (κ2) is 6.18. The summed E-state index contributed by atoms with van der Waals surface area (Å²) in [5.74, 6) is -0.00655. The SMILES string of the molecule is CN(Cc1cccs1)C(=O)/C=C/c1ccc(Cl)s1. The Labute approximate surface area is 119 Å². The summed E-state index contributed by atoms with van der Waals surface area (Å²) in [6.45, 7) is 0.645. The van der Waals surface area contributed by atoms with Crippen LogP contribution in [0.4, 0.5) is 0 Å². The van der Waals surface area contributed by atoms with Crippen LogP contribution in [0.3, 0.4) is 0 Å². The fourth-order valence-corrected chi connectivity index (χ4v) is 3.13. The van der Waals surface area contributed by atoms with Gasteiger partial charge in [0, 0.05) is 22.9 Å². The fraction of sp³-hybridized carbons (Fsp3) is 0.154. The molecule has 0 aliphatic rings. The number of carbonyl (C=O) groups excluding carboxylic acids is 1. The lowest BCUT2D eigenvalue weighted by Gasteiger charge is -2.13. The Bertz CT molecular complexity index is 545. The van der Waals surface area contributed by atoms with E-state index >= 15 is 0 Å². The molecule has 1 amide bonds. The fourth-order valence-electron chi connectivity index (χ4n) is 1.41. The van der Waals surface area contributed by atoms with Gasteiger partial charge in [0.1, 0.15) is 0 Å². The molecule has 94 valence electrons. The Morgan fingerprint density at radius 3 is 2.89 bits per heavy atom. The van der Waals surface area contributed by atoms with Gasteiger partial charge < -0.3 is 4.90 Å². The van der Waals surface area contributed by atoms with Crippen LogP contribution >= 0.6 is 34.3 Å². The number of halogens is 1. The average molecular weight is 298 g/mol. The molecular formula is C13H12ClNOS2. The summed E-state index contributed by atoms with van der Waals surface area (Å²) >= 11 is 8.93. The standard InChI is InChI=1S/C13H12ClNOS2/c1-15(9-11-3-2-8-17-11)13(16)7-5-10-4-6-12(14)18-10/h2-8H,9H2,1H3/b7-5+. The van der Waals surface area contributed by atoms with Crippen LogP contribution in [0.2, 0.25) is 4.34 Å². The van der Waals surface area contributed by atoms with Crippen LogP contribution < -0.4 is 0 Å².